The van der Waals surface area contributed by atoms with Gasteiger partial charge in [-0.05, 0) is 56.7 Å². The fourth-order valence-electron chi connectivity index (χ4n) is 2.19. The van der Waals surface area contributed by atoms with Crippen molar-refractivity contribution in [1.82, 2.24) is 10.3 Å². The number of hydrogen-bond acceptors (Lipinski definition) is 4. The smallest absolute Gasteiger partial charge is 0.0930 e. The summed E-state index contributed by atoms with van der Waals surface area (Å²) in [5, 5.41) is 4.55. The van der Waals surface area contributed by atoms with E-state index in [0.717, 1.165) is 12.5 Å². The summed E-state index contributed by atoms with van der Waals surface area (Å²) in [5.74, 6) is 3.60. The molecule has 0 bridgehead atoms. The summed E-state index contributed by atoms with van der Waals surface area (Å²) in [5.41, 5.74) is 0. The van der Waals surface area contributed by atoms with Gasteiger partial charge < -0.3 is 5.32 Å². The van der Waals surface area contributed by atoms with E-state index in [4.69, 9.17) is 0 Å². The average Bonchev–Trinajstić information content (AvgIpc) is 2.79. The van der Waals surface area contributed by atoms with Crippen molar-refractivity contribution in [2.45, 2.75) is 32.1 Å². The molecule has 1 saturated heterocycles. The van der Waals surface area contributed by atoms with Crippen LogP contribution in [0.2, 0.25) is 0 Å². The van der Waals surface area contributed by atoms with E-state index < -0.39 is 0 Å². The number of hydrogen-bond donors (Lipinski definition) is 1. The van der Waals surface area contributed by atoms with Crippen LogP contribution in [0.4, 0.5) is 0 Å². The van der Waals surface area contributed by atoms with E-state index in [0.29, 0.717) is 0 Å². The third-order valence-electron chi connectivity index (χ3n) is 3.26. The van der Waals surface area contributed by atoms with Crippen molar-refractivity contribution in [2.24, 2.45) is 5.92 Å². The molecule has 96 valence electrons. The third-order valence-corrected chi connectivity index (χ3v) is 5.38. The fraction of sp³-hybridized carbons (Fsp3) is 0.769. The number of aromatic nitrogens is 1. The van der Waals surface area contributed by atoms with Crippen LogP contribution in [0.1, 0.15) is 29.1 Å². The van der Waals surface area contributed by atoms with E-state index in [-0.39, 0.29) is 0 Å². The Labute approximate surface area is 113 Å². The Morgan fingerprint density at radius 2 is 2.24 bits per heavy atom. The zero-order valence-corrected chi connectivity index (χ0v) is 12.2. The van der Waals surface area contributed by atoms with Crippen LogP contribution in [0.15, 0.2) is 6.20 Å². The molecule has 0 aliphatic carbocycles. The van der Waals surface area contributed by atoms with Gasteiger partial charge in [0.15, 0.2) is 0 Å². The molecule has 2 rings (SSSR count). The minimum atomic E-state index is 0.896. The first kappa shape index (κ1) is 13.4. The van der Waals surface area contributed by atoms with Crippen LogP contribution in [0.5, 0.6) is 0 Å². The number of rotatable bonds is 6. The first-order chi connectivity index (χ1) is 8.38. The Bertz CT molecular complexity index is 319. The molecule has 0 unspecified atom stereocenters. The van der Waals surface area contributed by atoms with Gasteiger partial charge in [0.1, 0.15) is 0 Å². The van der Waals surface area contributed by atoms with Crippen molar-refractivity contribution in [3.8, 4) is 0 Å². The predicted octanol–water partition coefficient (Wildman–Crippen LogP) is 2.98. The molecule has 0 saturated carbocycles. The Morgan fingerprint density at radius 3 is 3.00 bits per heavy atom. The number of nitrogens with zero attached hydrogens (tertiary/aromatic N) is 1. The second-order valence-corrected chi connectivity index (χ2v) is 7.11. The highest BCUT2D eigenvalue weighted by molar-refractivity contribution is 7.99. The van der Waals surface area contributed by atoms with E-state index in [1.165, 1.54) is 53.5 Å². The lowest BCUT2D eigenvalue weighted by atomic mass is 9.99. The van der Waals surface area contributed by atoms with Gasteiger partial charge in [-0.1, -0.05) is 0 Å². The van der Waals surface area contributed by atoms with Gasteiger partial charge in [-0.25, -0.2) is 4.98 Å². The van der Waals surface area contributed by atoms with Crippen molar-refractivity contribution in [2.75, 3.05) is 25.1 Å². The summed E-state index contributed by atoms with van der Waals surface area (Å²) in [6.07, 6.45) is 8.49. The Hall–Kier alpha value is -0.0600. The van der Waals surface area contributed by atoms with Gasteiger partial charge >= 0.3 is 0 Å². The molecule has 0 radical (unpaired) electrons. The molecular weight excluding hydrogens is 248 g/mol. The topological polar surface area (TPSA) is 24.9 Å². The molecule has 0 amide bonds. The van der Waals surface area contributed by atoms with Crippen LogP contribution in [0, 0.1) is 5.92 Å². The number of thioether (sulfide) groups is 1. The summed E-state index contributed by atoms with van der Waals surface area (Å²) >= 11 is 4.04. The Morgan fingerprint density at radius 1 is 1.41 bits per heavy atom. The number of thiazole rings is 1. The van der Waals surface area contributed by atoms with Gasteiger partial charge in [0.2, 0.25) is 0 Å². The molecule has 1 aliphatic heterocycles. The standard InChI is InChI=1S/C13H22N2S2/c1-14-6-2-3-12-10-15-13(17-12)9-11-4-7-16-8-5-11/h10-11,14H,2-9H2,1H3. The van der Waals surface area contributed by atoms with Crippen LogP contribution in [-0.4, -0.2) is 30.1 Å². The summed E-state index contributed by atoms with van der Waals surface area (Å²) in [6, 6.07) is 0. The maximum absolute atomic E-state index is 4.58. The lowest BCUT2D eigenvalue weighted by Crippen LogP contribution is -2.11. The monoisotopic (exact) mass is 270 g/mol. The molecular formula is C13H22N2S2. The second kappa shape index (κ2) is 7.39. The van der Waals surface area contributed by atoms with Gasteiger partial charge in [0.05, 0.1) is 5.01 Å². The zero-order chi connectivity index (χ0) is 11.9. The molecule has 0 spiro atoms. The first-order valence-corrected chi connectivity index (χ1v) is 8.51. The number of nitrogens with one attached hydrogen (secondary N) is 1. The quantitative estimate of drug-likeness (QED) is 0.805. The average molecular weight is 270 g/mol. The lowest BCUT2D eigenvalue weighted by Gasteiger charge is -2.19. The van der Waals surface area contributed by atoms with Crippen LogP contribution in [0.3, 0.4) is 0 Å². The molecule has 1 aromatic heterocycles. The molecule has 17 heavy (non-hydrogen) atoms. The molecule has 4 heteroatoms. The first-order valence-electron chi connectivity index (χ1n) is 6.54. The Balaban J connectivity index is 1.76. The second-order valence-electron chi connectivity index (χ2n) is 4.69. The minimum absolute atomic E-state index is 0.896. The van der Waals surface area contributed by atoms with Gasteiger partial charge in [0.25, 0.3) is 0 Å². The maximum atomic E-state index is 4.58. The summed E-state index contributed by atoms with van der Waals surface area (Å²) in [7, 11) is 2.01. The van der Waals surface area contributed by atoms with Gasteiger partial charge in [-0.2, -0.15) is 11.8 Å². The van der Waals surface area contributed by atoms with Crippen LogP contribution >= 0.6 is 23.1 Å². The normalized spacial score (nSPS) is 17.5. The predicted molar refractivity (Wildman–Crippen MR) is 78.1 cm³/mol. The van der Waals surface area contributed by atoms with E-state index in [1.807, 2.05) is 18.4 Å². The molecule has 2 nitrogen and oxygen atoms in total. The van der Waals surface area contributed by atoms with Crippen LogP contribution in [-0.2, 0) is 12.8 Å². The van der Waals surface area contributed by atoms with Gasteiger partial charge in [0, 0.05) is 17.5 Å². The van der Waals surface area contributed by atoms with Crippen molar-refractivity contribution >= 4 is 23.1 Å². The molecule has 0 atom stereocenters. The summed E-state index contributed by atoms with van der Waals surface area (Å²) in [4.78, 5) is 6.04. The molecule has 2 heterocycles. The highest BCUT2D eigenvalue weighted by Crippen LogP contribution is 2.27. The molecule has 1 N–H and O–H groups in total. The van der Waals surface area contributed by atoms with Crippen LogP contribution in [0.25, 0.3) is 0 Å². The van der Waals surface area contributed by atoms with Gasteiger partial charge in [-0.15, -0.1) is 11.3 Å². The van der Waals surface area contributed by atoms with E-state index in [2.05, 4.69) is 28.3 Å². The molecule has 1 aliphatic rings. The molecule has 1 aromatic rings. The van der Waals surface area contributed by atoms with Crippen molar-refractivity contribution in [1.29, 1.82) is 0 Å². The summed E-state index contributed by atoms with van der Waals surface area (Å²) in [6.45, 7) is 1.10. The van der Waals surface area contributed by atoms with E-state index >= 15 is 0 Å². The van der Waals surface area contributed by atoms with E-state index in [9.17, 15) is 0 Å². The van der Waals surface area contributed by atoms with Gasteiger partial charge in [-0.3, -0.25) is 0 Å². The molecule has 0 aromatic carbocycles. The van der Waals surface area contributed by atoms with Crippen molar-refractivity contribution in [3.63, 3.8) is 0 Å². The molecule has 1 fully saturated rings. The fourth-order valence-corrected chi connectivity index (χ4v) is 4.48. The van der Waals surface area contributed by atoms with E-state index in [1.54, 1.807) is 0 Å². The minimum Gasteiger partial charge on any atom is -0.320 e. The summed E-state index contributed by atoms with van der Waals surface area (Å²) < 4.78 is 0. The number of aryl methyl sites for hydroxylation is 1. The largest absolute Gasteiger partial charge is 0.320 e. The highest BCUT2D eigenvalue weighted by atomic mass is 32.2. The van der Waals surface area contributed by atoms with Crippen molar-refractivity contribution in [3.05, 3.63) is 16.1 Å². The van der Waals surface area contributed by atoms with Crippen LogP contribution < -0.4 is 5.32 Å². The highest BCUT2D eigenvalue weighted by Gasteiger charge is 2.15. The maximum Gasteiger partial charge on any atom is 0.0930 e. The zero-order valence-electron chi connectivity index (χ0n) is 10.6. The third kappa shape index (κ3) is 4.60. The Kier molecular flexibility index (Phi) is 5.81. The SMILES string of the molecule is CNCCCc1cnc(CC2CCSCC2)s1. The van der Waals surface area contributed by atoms with Crippen molar-refractivity contribution < 1.29 is 0 Å². The lowest BCUT2D eigenvalue weighted by molar-refractivity contribution is 0.487.